The Labute approximate surface area is 94.9 Å². The molecule has 0 bridgehead atoms. The molecule has 0 aromatic carbocycles. The molecule has 1 aromatic rings. The topological polar surface area (TPSA) is 53.4 Å². The second-order valence-corrected chi connectivity index (χ2v) is 4.18. The van der Waals surface area contributed by atoms with E-state index < -0.39 is 0 Å². The highest BCUT2D eigenvalue weighted by Crippen LogP contribution is 2.29. The summed E-state index contributed by atoms with van der Waals surface area (Å²) in [6, 6.07) is 1.84. The van der Waals surface area contributed by atoms with Crippen molar-refractivity contribution < 1.29 is 9.90 Å². The maximum atomic E-state index is 11.9. The molecule has 0 fully saturated rings. The Morgan fingerprint density at radius 3 is 3.00 bits per heavy atom. The van der Waals surface area contributed by atoms with E-state index in [1.165, 1.54) is 0 Å². The molecule has 1 aliphatic rings. The molecule has 0 spiro atoms. The molecule has 2 rings (SSSR count). The van der Waals surface area contributed by atoms with Crippen LogP contribution >= 0.6 is 0 Å². The Kier molecular flexibility index (Phi) is 2.92. The lowest BCUT2D eigenvalue weighted by molar-refractivity contribution is -0.118. The number of hydrogen-bond donors (Lipinski definition) is 1. The SMILES string of the molecule is CCC(CO)N1C(=O)Cc2cc(C)cnc21. The van der Waals surface area contributed by atoms with E-state index in [1.807, 2.05) is 19.9 Å². The Morgan fingerprint density at radius 1 is 1.62 bits per heavy atom. The summed E-state index contributed by atoms with van der Waals surface area (Å²) in [5, 5.41) is 9.26. The van der Waals surface area contributed by atoms with Gasteiger partial charge in [0.25, 0.3) is 0 Å². The third-order valence-electron chi connectivity index (χ3n) is 2.97. The van der Waals surface area contributed by atoms with Gasteiger partial charge in [0.2, 0.25) is 5.91 Å². The molecule has 2 heterocycles. The van der Waals surface area contributed by atoms with Gasteiger partial charge in [0.05, 0.1) is 19.1 Å². The lowest BCUT2D eigenvalue weighted by Gasteiger charge is -2.24. The van der Waals surface area contributed by atoms with Crippen LogP contribution in [-0.4, -0.2) is 28.6 Å². The molecule has 4 nitrogen and oxygen atoms in total. The Hall–Kier alpha value is -1.42. The van der Waals surface area contributed by atoms with E-state index in [-0.39, 0.29) is 18.6 Å². The highest BCUT2D eigenvalue weighted by Gasteiger charge is 2.33. The molecule has 16 heavy (non-hydrogen) atoms. The van der Waals surface area contributed by atoms with Crippen LogP contribution in [0.4, 0.5) is 5.82 Å². The van der Waals surface area contributed by atoms with Gasteiger partial charge in [0, 0.05) is 11.8 Å². The predicted octanol–water partition coefficient (Wildman–Crippen LogP) is 1.05. The fourth-order valence-electron chi connectivity index (χ4n) is 2.11. The van der Waals surface area contributed by atoms with Gasteiger partial charge in [-0.2, -0.15) is 0 Å². The summed E-state index contributed by atoms with van der Waals surface area (Å²) < 4.78 is 0. The van der Waals surface area contributed by atoms with Crippen LogP contribution in [0.3, 0.4) is 0 Å². The molecule has 0 aliphatic carbocycles. The smallest absolute Gasteiger partial charge is 0.233 e. The molecular formula is C12H16N2O2. The molecule has 1 atom stereocenters. The lowest BCUT2D eigenvalue weighted by atomic mass is 10.2. The van der Waals surface area contributed by atoms with Gasteiger partial charge in [-0.25, -0.2) is 4.98 Å². The number of amides is 1. The number of aliphatic hydroxyl groups excluding tert-OH is 1. The summed E-state index contributed by atoms with van der Waals surface area (Å²) in [4.78, 5) is 17.8. The number of aliphatic hydroxyl groups is 1. The quantitative estimate of drug-likeness (QED) is 0.828. The monoisotopic (exact) mass is 220 g/mol. The number of fused-ring (bicyclic) bond motifs is 1. The van der Waals surface area contributed by atoms with E-state index >= 15 is 0 Å². The van der Waals surface area contributed by atoms with Crippen molar-refractivity contribution in [3.63, 3.8) is 0 Å². The van der Waals surface area contributed by atoms with Crippen molar-refractivity contribution >= 4 is 11.7 Å². The number of anilines is 1. The molecule has 1 unspecified atom stereocenters. The minimum Gasteiger partial charge on any atom is -0.394 e. The maximum Gasteiger partial charge on any atom is 0.233 e. The van der Waals surface area contributed by atoms with E-state index in [2.05, 4.69) is 4.98 Å². The number of rotatable bonds is 3. The van der Waals surface area contributed by atoms with Crippen LogP contribution in [0.15, 0.2) is 12.3 Å². The third kappa shape index (κ3) is 1.69. The molecule has 0 saturated carbocycles. The average Bonchev–Trinajstić information content (AvgIpc) is 2.57. The van der Waals surface area contributed by atoms with E-state index in [9.17, 15) is 9.90 Å². The molecule has 0 radical (unpaired) electrons. The van der Waals surface area contributed by atoms with Gasteiger partial charge in [-0.05, 0) is 18.9 Å². The minimum atomic E-state index is -0.149. The number of carbonyl (C=O) groups is 1. The van der Waals surface area contributed by atoms with Crippen molar-refractivity contribution in [1.82, 2.24) is 4.98 Å². The van der Waals surface area contributed by atoms with Crippen LogP contribution in [0.25, 0.3) is 0 Å². The summed E-state index contributed by atoms with van der Waals surface area (Å²) >= 11 is 0. The van der Waals surface area contributed by atoms with Crippen LogP contribution < -0.4 is 4.90 Å². The average molecular weight is 220 g/mol. The third-order valence-corrected chi connectivity index (χ3v) is 2.97. The van der Waals surface area contributed by atoms with Crippen molar-refractivity contribution in [2.24, 2.45) is 0 Å². The van der Waals surface area contributed by atoms with Gasteiger partial charge in [0.15, 0.2) is 0 Å². The summed E-state index contributed by atoms with van der Waals surface area (Å²) in [5.74, 6) is 0.755. The first-order chi connectivity index (χ1) is 7.67. The van der Waals surface area contributed by atoms with Crippen molar-refractivity contribution in [3.05, 3.63) is 23.4 Å². The van der Waals surface area contributed by atoms with E-state index in [0.29, 0.717) is 6.42 Å². The highest BCUT2D eigenvalue weighted by atomic mass is 16.3. The maximum absolute atomic E-state index is 11.9. The van der Waals surface area contributed by atoms with Gasteiger partial charge >= 0.3 is 0 Å². The predicted molar refractivity (Wildman–Crippen MR) is 61.3 cm³/mol. The van der Waals surface area contributed by atoms with Crippen LogP contribution in [0, 0.1) is 6.92 Å². The standard InChI is InChI=1S/C12H16N2O2/c1-3-10(7-15)14-11(16)5-9-4-8(2)6-13-12(9)14/h4,6,10,15H,3,5,7H2,1-2H3. The lowest BCUT2D eigenvalue weighted by Crippen LogP contribution is -2.40. The first kappa shape index (κ1) is 11.1. The molecule has 1 amide bonds. The van der Waals surface area contributed by atoms with Crippen molar-refractivity contribution in [2.75, 3.05) is 11.5 Å². The number of nitrogens with zero attached hydrogens (tertiary/aromatic N) is 2. The van der Waals surface area contributed by atoms with E-state index in [0.717, 1.165) is 23.4 Å². The number of pyridine rings is 1. The second-order valence-electron chi connectivity index (χ2n) is 4.18. The number of aryl methyl sites for hydroxylation is 1. The molecule has 1 N–H and O–H groups in total. The number of hydrogen-bond acceptors (Lipinski definition) is 3. The molecular weight excluding hydrogens is 204 g/mol. The van der Waals surface area contributed by atoms with Gasteiger partial charge in [0.1, 0.15) is 5.82 Å². The fraction of sp³-hybridized carbons (Fsp3) is 0.500. The summed E-state index contributed by atoms with van der Waals surface area (Å²) in [6.45, 7) is 3.90. The first-order valence-electron chi connectivity index (χ1n) is 5.55. The van der Waals surface area contributed by atoms with Crippen LogP contribution in [0.1, 0.15) is 24.5 Å². The fourth-order valence-corrected chi connectivity index (χ4v) is 2.11. The van der Waals surface area contributed by atoms with Crippen molar-refractivity contribution in [1.29, 1.82) is 0 Å². The van der Waals surface area contributed by atoms with Crippen LogP contribution in [0.5, 0.6) is 0 Å². The minimum absolute atomic E-state index is 0.0166. The summed E-state index contributed by atoms with van der Waals surface area (Å²) in [5.41, 5.74) is 2.03. The van der Waals surface area contributed by atoms with Crippen LogP contribution in [-0.2, 0) is 11.2 Å². The van der Waals surface area contributed by atoms with E-state index in [4.69, 9.17) is 0 Å². The molecule has 1 aliphatic heterocycles. The molecule has 86 valence electrons. The molecule has 4 heteroatoms. The van der Waals surface area contributed by atoms with Crippen molar-refractivity contribution in [3.8, 4) is 0 Å². The number of carbonyl (C=O) groups excluding carboxylic acids is 1. The zero-order valence-electron chi connectivity index (χ0n) is 9.60. The highest BCUT2D eigenvalue weighted by molar-refractivity contribution is 6.00. The Bertz CT molecular complexity index is 413. The van der Waals surface area contributed by atoms with Crippen molar-refractivity contribution in [2.45, 2.75) is 32.7 Å². The van der Waals surface area contributed by atoms with Gasteiger partial charge < -0.3 is 5.11 Å². The van der Waals surface area contributed by atoms with Gasteiger partial charge in [-0.3, -0.25) is 9.69 Å². The Balaban J connectivity index is 2.39. The molecule has 1 aromatic heterocycles. The summed E-state index contributed by atoms with van der Waals surface area (Å²) in [7, 11) is 0. The molecule has 0 saturated heterocycles. The normalized spacial score (nSPS) is 16.4. The summed E-state index contributed by atoms with van der Waals surface area (Å²) in [6.07, 6.45) is 2.90. The number of aromatic nitrogens is 1. The first-order valence-corrected chi connectivity index (χ1v) is 5.55. The zero-order valence-corrected chi connectivity index (χ0v) is 9.60. The largest absolute Gasteiger partial charge is 0.394 e. The van der Waals surface area contributed by atoms with Gasteiger partial charge in [-0.1, -0.05) is 13.0 Å². The zero-order chi connectivity index (χ0) is 11.7. The van der Waals surface area contributed by atoms with Crippen LogP contribution in [0.2, 0.25) is 0 Å². The second kappa shape index (κ2) is 4.22. The Morgan fingerprint density at radius 2 is 2.38 bits per heavy atom. The van der Waals surface area contributed by atoms with E-state index in [1.54, 1.807) is 11.1 Å². The van der Waals surface area contributed by atoms with Gasteiger partial charge in [-0.15, -0.1) is 0 Å².